The van der Waals surface area contributed by atoms with Gasteiger partial charge in [0.2, 0.25) is 11.8 Å². The molecule has 0 aromatic rings. The second kappa shape index (κ2) is 34.7. The number of hydrogen-bond donors (Lipinski definition) is 5. The first-order valence-corrected chi connectivity index (χ1v) is 22.5. The third kappa shape index (κ3) is 27.7. The van der Waals surface area contributed by atoms with Crippen molar-refractivity contribution in [2.75, 3.05) is 90.5 Å². The van der Waals surface area contributed by atoms with E-state index in [9.17, 15) is 29.1 Å². The van der Waals surface area contributed by atoms with Crippen molar-refractivity contribution in [3.8, 4) is 0 Å². The number of ether oxygens (including phenoxy) is 3. The Labute approximate surface area is 333 Å². The van der Waals surface area contributed by atoms with Gasteiger partial charge in [0.25, 0.3) is 0 Å². The van der Waals surface area contributed by atoms with E-state index in [0.29, 0.717) is 63.3 Å². The number of aliphatic hydroxyl groups is 3. The zero-order chi connectivity index (χ0) is 42.1. The fourth-order valence-corrected chi connectivity index (χ4v) is 7.98. The van der Waals surface area contributed by atoms with Crippen molar-refractivity contribution in [3.63, 3.8) is 0 Å². The molecule has 55 heavy (non-hydrogen) atoms. The summed E-state index contributed by atoms with van der Waals surface area (Å²) in [5.74, 6) is -0.691. The molecule has 0 aromatic heterocycles. The average Bonchev–Trinajstić information content (AvgIpc) is 3.17. The standard InChI is InChI=1S/C19H35NO8S.C17H36N2O6Si/c1-4-14(2)19(26)28-12-16(23)11-27-17(24)5-10-29-13-15(3)18(25)20(6-8-21)7-9-22;1-6-15(5)16(20)18-12-13-22-17(21)19-11-10-14-26(23-7-2,24-8-3)25-9-4/h14-16,21-23H,4-13H2,1-3H3;15H,6-14H2,1-5H3,(H,18,20)(H,19,21). The molecule has 3 amide bonds. The van der Waals surface area contributed by atoms with Crippen LogP contribution in [0.3, 0.4) is 0 Å². The molecule has 0 spiro atoms. The van der Waals surface area contributed by atoms with E-state index in [1.807, 2.05) is 41.5 Å². The highest BCUT2D eigenvalue weighted by Gasteiger charge is 2.39. The lowest BCUT2D eigenvalue weighted by Gasteiger charge is -2.28. The molecule has 0 heterocycles. The summed E-state index contributed by atoms with van der Waals surface area (Å²) < 4.78 is 32.2. The van der Waals surface area contributed by atoms with Gasteiger partial charge < -0.3 is 58.3 Å². The van der Waals surface area contributed by atoms with Crippen molar-refractivity contribution in [2.45, 2.75) is 93.2 Å². The molecule has 0 aliphatic carbocycles. The molecule has 0 radical (unpaired) electrons. The second-order valence-corrected chi connectivity index (χ2v) is 16.4. The number of nitrogens with one attached hydrogen (secondary N) is 2. The van der Waals surface area contributed by atoms with Crippen LogP contribution < -0.4 is 10.6 Å². The molecular formula is C36H71N3O14SSi. The van der Waals surface area contributed by atoms with Gasteiger partial charge in [-0.05, 0) is 40.0 Å². The van der Waals surface area contributed by atoms with Crippen LogP contribution in [0.15, 0.2) is 0 Å². The maximum Gasteiger partial charge on any atom is 0.500 e. The number of aliphatic hydroxyl groups excluding tert-OH is 3. The number of carbonyl (C=O) groups is 5. The van der Waals surface area contributed by atoms with Gasteiger partial charge in [-0.1, -0.05) is 34.6 Å². The van der Waals surface area contributed by atoms with Gasteiger partial charge >= 0.3 is 26.8 Å². The van der Waals surface area contributed by atoms with Crippen LogP contribution >= 0.6 is 11.8 Å². The Morgan fingerprint density at radius 3 is 1.84 bits per heavy atom. The smallest absolute Gasteiger partial charge is 0.463 e. The molecule has 324 valence electrons. The van der Waals surface area contributed by atoms with Gasteiger partial charge in [-0.25, -0.2) is 4.79 Å². The Morgan fingerprint density at radius 1 is 0.745 bits per heavy atom. The Hall–Kier alpha value is -2.52. The maximum absolute atomic E-state index is 12.2. The lowest BCUT2D eigenvalue weighted by molar-refractivity contribution is -0.154. The number of thioether (sulfide) groups is 1. The van der Waals surface area contributed by atoms with Crippen molar-refractivity contribution in [2.24, 2.45) is 17.8 Å². The molecule has 4 unspecified atom stereocenters. The van der Waals surface area contributed by atoms with E-state index >= 15 is 0 Å². The number of amides is 3. The van der Waals surface area contributed by atoms with E-state index in [2.05, 4.69) is 10.6 Å². The molecule has 0 aliphatic heterocycles. The largest absolute Gasteiger partial charge is 0.500 e. The third-order valence-electron chi connectivity index (χ3n) is 7.88. The molecule has 0 aromatic carbocycles. The van der Waals surface area contributed by atoms with Gasteiger partial charge in [0.05, 0.1) is 32.1 Å². The molecule has 0 bridgehead atoms. The van der Waals surface area contributed by atoms with E-state index in [1.165, 1.54) is 16.7 Å². The topological polar surface area (TPSA) is 229 Å². The molecule has 0 rings (SSSR count). The van der Waals surface area contributed by atoms with Crippen LogP contribution in [0.2, 0.25) is 6.04 Å². The maximum atomic E-state index is 12.2. The summed E-state index contributed by atoms with van der Waals surface area (Å²) in [6, 6.07) is 0.633. The SMILES string of the molecule is CCC(C)C(=O)OCC(O)COC(=O)CCSCC(C)C(=O)N(CCO)CCO.CCO[Si](CCCNC(=O)OCCNC(=O)C(C)CC)(OCC)OCC. The number of rotatable bonds is 31. The van der Waals surface area contributed by atoms with Gasteiger partial charge in [-0.3, -0.25) is 19.2 Å². The van der Waals surface area contributed by atoms with Crippen LogP contribution in [-0.4, -0.2) is 156 Å². The van der Waals surface area contributed by atoms with Crippen molar-refractivity contribution in [3.05, 3.63) is 0 Å². The van der Waals surface area contributed by atoms with Gasteiger partial charge in [0.1, 0.15) is 25.9 Å². The first kappa shape index (κ1) is 54.6. The zero-order valence-electron chi connectivity index (χ0n) is 34.4. The zero-order valence-corrected chi connectivity index (χ0v) is 36.2. The molecule has 4 atom stereocenters. The minimum Gasteiger partial charge on any atom is -0.463 e. The van der Waals surface area contributed by atoms with Crippen LogP contribution in [0.25, 0.3) is 0 Å². The van der Waals surface area contributed by atoms with Crippen molar-refractivity contribution in [1.82, 2.24) is 15.5 Å². The van der Waals surface area contributed by atoms with Crippen LogP contribution in [0.4, 0.5) is 4.79 Å². The summed E-state index contributed by atoms with van der Waals surface area (Å²) in [4.78, 5) is 60.1. The molecule has 0 aliphatic rings. The average molecular weight is 830 g/mol. The highest BCUT2D eigenvalue weighted by Crippen LogP contribution is 2.18. The van der Waals surface area contributed by atoms with Crippen LogP contribution in [-0.2, 0) is 46.7 Å². The quantitative estimate of drug-likeness (QED) is 0.0293. The fraction of sp³-hybridized carbons (Fsp3) is 0.861. The van der Waals surface area contributed by atoms with E-state index in [-0.39, 0.29) is 82.1 Å². The molecule has 0 saturated heterocycles. The summed E-state index contributed by atoms with van der Waals surface area (Å²) in [6.45, 7) is 16.9. The predicted molar refractivity (Wildman–Crippen MR) is 211 cm³/mol. The Balaban J connectivity index is 0. The second-order valence-electron chi connectivity index (χ2n) is 12.5. The normalized spacial score (nSPS) is 13.3. The summed E-state index contributed by atoms with van der Waals surface area (Å²) in [5, 5.41) is 33.1. The van der Waals surface area contributed by atoms with E-state index in [1.54, 1.807) is 13.8 Å². The third-order valence-corrected chi connectivity index (χ3v) is 12.3. The van der Waals surface area contributed by atoms with Gasteiger partial charge in [-0.15, -0.1) is 0 Å². The Bertz CT molecular complexity index is 1020. The minimum absolute atomic E-state index is 0.0272. The summed E-state index contributed by atoms with van der Waals surface area (Å²) in [6.07, 6.45) is 0.657. The number of nitrogens with zero attached hydrogens (tertiary/aromatic N) is 1. The molecule has 0 saturated carbocycles. The first-order valence-electron chi connectivity index (χ1n) is 19.4. The Kier molecular flexibility index (Phi) is 34.4. The van der Waals surface area contributed by atoms with Crippen LogP contribution in [0, 0.1) is 17.8 Å². The highest BCUT2D eigenvalue weighted by atomic mass is 32.2. The number of alkyl carbamates (subject to hydrolysis) is 1. The van der Waals surface area contributed by atoms with Crippen molar-refractivity contribution >= 4 is 50.4 Å². The van der Waals surface area contributed by atoms with Crippen LogP contribution in [0.1, 0.15) is 81.1 Å². The monoisotopic (exact) mass is 829 g/mol. The lowest BCUT2D eigenvalue weighted by atomic mass is 10.1. The lowest BCUT2D eigenvalue weighted by Crippen LogP contribution is -2.46. The summed E-state index contributed by atoms with van der Waals surface area (Å²) in [5.41, 5.74) is 0. The minimum atomic E-state index is -2.67. The first-order chi connectivity index (χ1) is 26.2. The fourth-order valence-electron chi connectivity index (χ4n) is 4.39. The highest BCUT2D eigenvalue weighted by molar-refractivity contribution is 7.99. The van der Waals surface area contributed by atoms with Gasteiger partial charge in [-0.2, -0.15) is 11.8 Å². The van der Waals surface area contributed by atoms with Crippen molar-refractivity contribution < 1.29 is 66.8 Å². The summed E-state index contributed by atoms with van der Waals surface area (Å²) >= 11 is 1.42. The molecule has 0 fully saturated rings. The Morgan fingerprint density at radius 2 is 1.31 bits per heavy atom. The van der Waals surface area contributed by atoms with Crippen LogP contribution in [0.5, 0.6) is 0 Å². The van der Waals surface area contributed by atoms with E-state index in [0.717, 1.165) is 6.42 Å². The molecular weight excluding hydrogens is 759 g/mol. The molecule has 19 heteroatoms. The molecule has 17 nitrogen and oxygen atoms in total. The predicted octanol–water partition coefficient (Wildman–Crippen LogP) is 2.37. The molecule has 5 N–H and O–H groups in total. The van der Waals surface area contributed by atoms with Crippen molar-refractivity contribution in [1.29, 1.82) is 0 Å². The number of esters is 2. The van der Waals surface area contributed by atoms with E-state index < -0.39 is 32.9 Å². The van der Waals surface area contributed by atoms with Gasteiger partial charge in [0.15, 0.2) is 0 Å². The number of carbonyl (C=O) groups excluding carboxylic acids is 5. The van der Waals surface area contributed by atoms with E-state index in [4.69, 9.17) is 37.7 Å². The van der Waals surface area contributed by atoms with Gasteiger partial charge in [0, 0.05) is 68.8 Å². The number of hydrogen-bond acceptors (Lipinski definition) is 15. The summed E-state index contributed by atoms with van der Waals surface area (Å²) in [7, 11) is -2.67.